The Bertz CT molecular complexity index is 1420. The van der Waals surface area contributed by atoms with Crippen LogP contribution in [0, 0.1) is 5.41 Å². The van der Waals surface area contributed by atoms with Crippen LogP contribution in [0.2, 0.25) is 10.0 Å². The van der Waals surface area contributed by atoms with E-state index in [1.807, 2.05) is 24.3 Å². The second-order valence-electron chi connectivity index (χ2n) is 9.66. The molecule has 8 nitrogen and oxygen atoms in total. The summed E-state index contributed by atoms with van der Waals surface area (Å²) < 4.78 is 42.1. The fourth-order valence-electron chi connectivity index (χ4n) is 4.49. The van der Waals surface area contributed by atoms with Gasteiger partial charge in [-0.15, -0.1) is 0 Å². The first kappa shape index (κ1) is 32.2. The molecular formula is C28H29Cl2F3IN5O3. The van der Waals surface area contributed by atoms with Gasteiger partial charge in [0.25, 0.3) is 0 Å². The third-order valence-electron chi connectivity index (χ3n) is 6.84. The van der Waals surface area contributed by atoms with Crippen molar-refractivity contribution < 1.29 is 27.9 Å². The fourth-order valence-corrected chi connectivity index (χ4v) is 11.0. The van der Waals surface area contributed by atoms with E-state index < -0.39 is 50.5 Å². The second-order valence-corrected chi connectivity index (χ2v) is 15.9. The first-order chi connectivity index (χ1) is 19.8. The fraction of sp³-hybridized carbons (Fsp3) is 0.357. The number of nitrogens with one attached hydrogen (secondary N) is 2. The predicted octanol–water partition coefficient (Wildman–Crippen LogP) is 5.88. The van der Waals surface area contributed by atoms with Crippen molar-refractivity contribution >= 4 is 66.5 Å². The minimum absolute atomic E-state index is 0.0351. The molecule has 0 fully saturated rings. The van der Waals surface area contributed by atoms with Crippen LogP contribution in [-0.2, 0) is 9.22 Å². The summed E-state index contributed by atoms with van der Waals surface area (Å²) in [5.41, 5.74) is 2.73. The molecule has 4 rings (SSSR count). The molecular weight excluding hydrogens is 709 g/mol. The molecule has 0 unspecified atom stereocenters. The van der Waals surface area contributed by atoms with Crippen molar-refractivity contribution in [2.45, 2.75) is 30.1 Å². The Morgan fingerprint density at radius 1 is 1.19 bits per heavy atom. The molecule has 3 N–H and O–H groups in total. The molecule has 2 aromatic rings. The number of aliphatic hydroxyl groups excluding tert-OH is 1. The third-order valence-corrected chi connectivity index (χ3v) is 13.2. The van der Waals surface area contributed by atoms with Gasteiger partial charge in [0.2, 0.25) is 0 Å². The van der Waals surface area contributed by atoms with Crippen molar-refractivity contribution in [1.82, 2.24) is 15.1 Å². The molecule has 0 bridgehead atoms. The van der Waals surface area contributed by atoms with Crippen molar-refractivity contribution in [2.75, 3.05) is 30.7 Å². The van der Waals surface area contributed by atoms with Crippen LogP contribution in [-0.4, -0.2) is 81.4 Å². The zero-order chi connectivity index (χ0) is 30.6. The van der Waals surface area contributed by atoms with Crippen LogP contribution < -0.4 is 5.32 Å². The van der Waals surface area contributed by atoms with Gasteiger partial charge in [-0.2, -0.15) is 0 Å². The van der Waals surface area contributed by atoms with Gasteiger partial charge in [0.15, 0.2) is 0 Å². The number of aliphatic imine (C=N–C) groups is 1. The van der Waals surface area contributed by atoms with Gasteiger partial charge < -0.3 is 0 Å². The van der Waals surface area contributed by atoms with Gasteiger partial charge in [-0.25, -0.2) is 0 Å². The number of amides is 3. The van der Waals surface area contributed by atoms with Crippen LogP contribution in [0.4, 0.5) is 18.0 Å². The summed E-state index contributed by atoms with van der Waals surface area (Å²) in [7, 11) is 0. The summed E-state index contributed by atoms with van der Waals surface area (Å²) in [6, 6.07) is 12.3. The van der Waals surface area contributed by atoms with Crippen LogP contribution in [0.25, 0.3) is 0 Å². The molecule has 0 spiro atoms. The summed E-state index contributed by atoms with van der Waals surface area (Å²) in [5, 5.41) is 21.8. The maximum atomic E-state index is 13.2. The number of alkyl halides is 5. The molecule has 42 heavy (non-hydrogen) atoms. The number of amidine groups is 1. The molecule has 0 aliphatic carbocycles. The molecule has 1 atom stereocenters. The first-order valence-electron chi connectivity index (χ1n) is 12.9. The number of hydrogen-bond acceptors (Lipinski definition) is 5. The molecule has 0 aromatic heterocycles. The summed E-state index contributed by atoms with van der Waals surface area (Å²) in [5.74, 6) is -0.562. The molecule has 2 aromatic carbocycles. The quantitative estimate of drug-likeness (QED) is 0.109. The van der Waals surface area contributed by atoms with E-state index in [1.165, 1.54) is 31.2 Å². The van der Waals surface area contributed by atoms with Crippen LogP contribution in [0.3, 0.4) is 0 Å². The van der Waals surface area contributed by atoms with Crippen LogP contribution in [0.15, 0.2) is 62.7 Å². The first-order valence-corrected chi connectivity index (χ1v) is 17.7. The Labute approximate surface area is 258 Å². The van der Waals surface area contributed by atoms with E-state index in [9.17, 15) is 27.9 Å². The van der Waals surface area contributed by atoms with Crippen molar-refractivity contribution in [3.63, 3.8) is 0 Å². The summed E-state index contributed by atoms with van der Waals surface area (Å²) in [6.45, 7) is 1.23. The van der Waals surface area contributed by atoms with E-state index in [0.717, 1.165) is 19.1 Å². The molecule has 2 heterocycles. The Kier molecular flexibility index (Phi) is 10.5. The number of hydrogen-bond donors (Lipinski definition) is 3. The molecule has 0 radical (unpaired) electrons. The minimum atomic E-state index is -4.99. The third kappa shape index (κ3) is 7.82. The van der Waals surface area contributed by atoms with E-state index in [-0.39, 0.29) is 18.0 Å². The van der Waals surface area contributed by atoms with Crippen molar-refractivity contribution in [3.8, 4) is 0 Å². The SMILES string of the molecule is CC(=O)N1CCC2=C(C1)I(Cc1ccccc1Cl)CN=C2CNC(=O)N(C[C@H](O)C(F)(F)F)C(=N)c1ccc(Cl)cc1. The van der Waals surface area contributed by atoms with Gasteiger partial charge in [-0.05, 0) is 0 Å². The molecule has 0 saturated carbocycles. The van der Waals surface area contributed by atoms with E-state index in [4.69, 9.17) is 33.6 Å². The predicted molar refractivity (Wildman–Crippen MR) is 166 cm³/mol. The van der Waals surface area contributed by atoms with Crippen molar-refractivity contribution in [3.05, 3.63) is 78.9 Å². The average molecular weight is 738 g/mol. The number of aliphatic hydroxyl groups is 1. The number of carbonyl (C=O) groups is 2. The van der Waals surface area contributed by atoms with Gasteiger partial charge in [0, 0.05) is 0 Å². The number of benzene rings is 2. The Hall–Kier alpha value is -2.68. The maximum absolute atomic E-state index is 13.2. The van der Waals surface area contributed by atoms with E-state index in [1.54, 1.807) is 4.90 Å². The van der Waals surface area contributed by atoms with Crippen LogP contribution in [0.1, 0.15) is 24.5 Å². The van der Waals surface area contributed by atoms with E-state index in [0.29, 0.717) is 44.7 Å². The molecule has 3 amide bonds. The van der Waals surface area contributed by atoms with Gasteiger partial charge in [-0.3, -0.25) is 0 Å². The number of carbonyl (C=O) groups excluding carboxylic acids is 2. The Morgan fingerprint density at radius 3 is 2.52 bits per heavy atom. The molecule has 14 heteroatoms. The molecule has 0 saturated heterocycles. The summed E-state index contributed by atoms with van der Waals surface area (Å²) in [4.78, 5) is 32.5. The van der Waals surface area contributed by atoms with Crippen molar-refractivity contribution in [2.24, 2.45) is 4.99 Å². The van der Waals surface area contributed by atoms with Crippen LogP contribution in [0.5, 0.6) is 0 Å². The van der Waals surface area contributed by atoms with Gasteiger partial charge in [-0.1, -0.05) is 11.6 Å². The topological polar surface area (TPSA) is 109 Å². The monoisotopic (exact) mass is 737 g/mol. The van der Waals surface area contributed by atoms with E-state index in [2.05, 4.69) is 5.32 Å². The standard InChI is InChI=1S/C28H29Cl2F3IN5O3/c1-17(40)38-11-10-21-23(14-38)34(12-19-4-2-3-5-22(19)30)16-37-24(21)13-36-27(42)39(15-25(41)28(31,32)33)26(35)18-6-8-20(29)9-7-18/h2-9,25,35,41H,10-16H2,1H3,(H,36,42)/t25-/m0/s1. The van der Waals surface area contributed by atoms with E-state index >= 15 is 0 Å². The average Bonchev–Trinajstić information content (AvgIpc) is 2.95. The molecule has 2 aliphatic heterocycles. The number of nitrogens with zero attached hydrogens (tertiary/aromatic N) is 3. The molecule has 2 aliphatic rings. The zero-order valence-corrected chi connectivity index (χ0v) is 26.2. The van der Waals surface area contributed by atoms with Crippen LogP contribution >= 0.6 is 43.0 Å². The Morgan fingerprint density at radius 2 is 1.88 bits per heavy atom. The molecule has 226 valence electrons. The summed E-state index contributed by atoms with van der Waals surface area (Å²) in [6.07, 6.45) is -7.30. The van der Waals surface area contributed by atoms with Gasteiger partial charge >= 0.3 is 248 Å². The number of urea groups is 1. The zero-order valence-electron chi connectivity index (χ0n) is 22.5. The Balaban J connectivity index is 1.55. The number of halogens is 6. The van der Waals surface area contributed by atoms with Gasteiger partial charge in [0.05, 0.1) is 0 Å². The normalized spacial score (nSPS) is 16.9. The van der Waals surface area contributed by atoms with Gasteiger partial charge in [0.1, 0.15) is 0 Å². The summed E-state index contributed by atoms with van der Waals surface area (Å²) >= 11 is 10.4. The van der Waals surface area contributed by atoms with Crippen molar-refractivity contribution in [1.29, 1.82) is 5.41 Å². The second kappa shape index (κ2) is 13.7. The number of rotatable bonds is 7.